The Kier molecular flexibility index (Phi) is 9.49. The van der Waals surface area contributed by atoms with Crippen molar-refractivity contribution in [3.05, 3.63) is 87.6 Å². The van der Waals surface area contributed by atoms with E-state index in [2.05, 4.69) is 5.32 Å². The van der Waals surface area contributed by atoms with Crippen LogP contribution in [0.15, 0.2) is 66.0 Å². The van der Waals surface area contributed by atoms with Crippen molar-refractivity contribution < 1.29 is 27.5 Å². The van der Waals surface area contributed by atoms with Gasteiger partial charge in [0.25, 0.3) is 0 Å². The number of para-hydroxylation sites is 1. The Morgan fingerprint density at radius 1 is 0.972 bits per heavy atom. The van der Waals surface area contributed by atoms with E-state index in [1.54, 1.807) is 4.90 Å². The molecule has 0 unspecified atom stereocenters. The maximum absolute atomic E-state index is 13.4. The third-order valence-electron chi connectivity index (χ3n) is 5.52. The van der Waals surface area contributed by atoms with Gasteiger partial charge in [0.05, 0.1) is 24.4 Å². The molecule has 1 heterocycles. The number of alkyl halides is 3. The second-order valence-electron chi connectivity index (χ2n) is 8.15. The summed E-state index contributed by atoms with van der Waals surface area (Å²) in [5.41, 5.74) is 0.645. The van der Waals surface area contributed by atoms with Crippen LogP contribution in [0.25, 0.3) is 0 Å². The van der Waals surface area contributed by atoms with Gasteiger partial charge in [0, 0.05) is 25.1 Å². The molecule has 3 rings (SSSR count). The normalized spacial score (nSPS) is 11.2. The summed E-state index contributed by atoms with van der Waals surface area (Å²) in [5, 5.41) is 4.27. The fraction of sp³-hybridized carbons (Fsp3) is 0.308. The van der Waals surface area contributed by atoms with Crippen LogP contribution in [0.2, 0.25) is 0 Å². The third kappa shape index (κ3) is 7.56. The Morgan fingerprint density at radius 3 is 2.31 bits per heavy atom. The van der Waals surface area contributed by atoms with Crippen LogP contribution in [-0.2, 0) is 28.8 Å². The number of anilines is 1. The van der Waals surface area contributed by atoms with E-state index in [9.17, 15) is 22.8 Å². The molecule has 0 aliphatic rings. The summed E-state index contributed by atoms with van der Waals surface area (Å²) >= 11 is 1.54. The highest BCUT2D eigenvalue weighted by molar-refractivity contribution is 7.10. The Balaban J connectivity index is 1.80. The van der Waals surface area contributed by atoms with E-state index in [4.69, 9.17) is 4.74 Å². The first kappa shape index (κ1) is 27.2. The average molecular weight is 520 g/mol. The van der Waals surface area contributed by atoms with Crippen LogP contribution in [0, 0.1) is 6.92 Å². The topological polar surface area (TPSA) is 61.9 Å². The number of benzene rings is 2. The Bertz CT molecular complexity index is 1150. The SMILES string of the molecule is COCCN(CC(=O)N(Cc1ccccc1)Cc1sccc1C)C(=O)Nc1ccccc1C(F)(F)F. The van der Waals surface area contributed by atoms with Crippen molar-refractivity contribution in [3.63, 3.8) is 0 Å². The number of urea groups is 1. The number of carbonyl (C=O) groups excluding carboxylic acids is 2. The zero-order valence-corrected chi connectivity index (χ0v) is 20.9. The van der Waals surface area contributed by atoms with Crippen molar-refractivity contribution in [1.29, 1.82) is 0 Å². The Hall–Kier alpha value is -3.37. The summed E-state index contributed by atoms with van der Waals surface area (Å²) < 4.78 is 45.2. The molecule has 6 nitrogen and oxygen atoms in total. The minimum absolute atomic E-state index is 0.0272. The highest BCUT2D eigenvalue weighted by atomic mass is 32.1. The van der Waals surface area contributed by atoms with Crippen molar-refractivity contribution in [2.45, 2.75) is 26.2 Å². The van der Waals surface area contributed by atoms with Gasteiger partial charge < -0.3 is 19.9 Å². The molecular formula is C26H28F3N3O3S. The second kappa shape index (κ2) is 12.5. The predicted octanol–water partition coefficient (Wildman–Crippen LogP) is 5.78. The summed E-state index contributed by atoms with van der Waals surface area (Å²) in [4.78, 5) is 30.3. The maximum Gasteiger partial charge on any atom is 0.418 e. The zero-order chi connectivity index (χ0) is 26.1. The first-order chi connectivity index (χ1) is 17.2. The first-order valence-corrected chi connectivity index (χ1v) is 12.1. The zero-order valence-electron chi connectivity index (χ0n) is 20.0. The number of methoxy groups -OCH3 is 1. The fourth-order valence-corrected chi connectivity index (χ4v) is 4.45. The summed E-state index contributed by atoms with van der Waals surface area (Å²) in [6, 6.07) is 15.3. The molecule has 0 saturated carbocycles. The summed E-state index contributed by atoms with van der Waals surface area (Å²) in [7, 11) is 1.44. The van der Waals surface area contributed by atoms with Crippen molar-refractivity contribution in [2.75, 3.05) is 32.1 Å². The number of rotatable bonds is 10. The quantitative estimate of drug-likeness (QED) is 0.369. The molecule has 0 aliphatic heterocycles. The van der Waals surface area contributed by atoms with Gasteiger partial charge in [-0.05, 0) is 41.6 Å². The number of hydrogen-bond acceptors (Lipinski definition) is 4. The molecule has 192 valence electrons. The molecular weight excluding hydrogens is 491 g/mol. The molecule has 1 N–H and O–H groups in total. The van der Waals surface area contributed by atoms with E-state index < -0.39 is 17.8 Å². The molecule has 3 aromatic rings. The molecule has 3 amide bonds. The van der Waals surface area contributed by atoms with E-state index in [0.717, 1.165) is 27.0 Å². The average Bonchev–Trinajstić information content (AvgIpc) is 3.25. The first-order valence-electron chi connectivity index (χ1n) is 11.2. The number of hydrogen-bond donors (Lipinski definition) is 1. The van der Waals surface area contributed by atoms with Crippen LogP contribution in [0.1, 0.15) is 21.6 Å². The van der Waals surface area contributed by atoms with Gasteiger partial charge in [0.2, 0.25) is 5.91 Å². The van der Waals surface area contributed by atoms with Crippen LogP contribution in [0.3, 0.4) is 0 Å². The number of aryl methyl sites for hydroxylation is 1. The van der Waals surface area contributed by atoms with Crippen molar-refractivity contribution >= 4 is 29.0 Å². The minimum Gasteiger partial charge on any atom is -0.383 e. The van der Waals surface area contributed by atoms with Gasteiger partial charge in [-0.1, -0.05) is 42.5 Å². The Morgan fingerprint density at radius 2 is 1.67 bits per heavy atom. The summed E-state index contributed by atoms with van der Waals surface area (Å²) in [6.45, 7) is 2.47. The lowest BCUT2D eigenvalue weighted by Crippen LogP contribution is -2.45. The number of nitrogens with one attached hydrogen (secondary N) is 1. The van der Waals surface area contributed by atoms with Crippen LogP contribution in [0.5, 0.6) is 0 Å². The molecule has 2 aromatic carbocycles. The van der Waals surface area contributed by atoms with Gasteiger partial charge in [0.1, 0.15) is 6.54 Å². The van der Waals surface area contributed by atoms with E-state index >= 15 is 0 Å². The number of thiophene rings is 1. The molecule has 0 radical (unpaired) electrons. The molecule has 10 heteroatoms. The number of ether oxygens (including phenoxy) is 1. The van der Waals surface area contributed by atoms with Crippen molar-refractivity contribution in [3.8, 4) is 0 Å². The highest BCUT2D eigenvalue weighted by Gasteiger charge is 2.34. The van der Waals surface area contributed by atoms with Crippen LogP contribution in [0.4, 0.5) is 23.7 Å². The van der Waals surface area contributed by atoms with E-state index in [0.29, 0.717) is 13.1 Å². The standard InChI is InChI=1S/C26H28F3N3O3S/c1-19-12-15-36-23(19)17-32(16-20-8-4-3-5-9-20)24(33)18-31(13-14-35-2)25(34)30-22-11-7-6-10-21(22)26(27,28)29/h3-12,15H,13-14,16-18H2,1-2H3,(H,30,34). The van der Waals surface area contributed by atoms with Gasteiger partial charge in [0.15, 0.2) is 0 Å². The molecule has 0 atom stereocenters. The lowest BCUT2D eigenvalue weighted by Gasteiger charge is -2.28. The van der Waals surface area contributed by atoms with Crippen molar-refractivity contribution in [1.82, 2.24) is 9.80 Å². The maximum atomic E-state index is 13.4. The molecule has 1 aromatic heterocycles. The smallest absolute Gasteiger partial charge is 0.383 e. The molecule has 0 aliphatic carbocycles. The second-order valence-corrected chi connectivity index (χ2v) is 9.15. The summed E-state index contributed by atoms with van der Waals surface area (Å²) in [6.07, 6.45) is -4.64. The fourth-order valence-electron chi connectivity index (χ4n) is 3.53. The van der Waals surface area contributed by atoms with Crippen LogP contribution in [-0.4, -0.2) is 48.5 Å². The Labute approximate surface area is 212 Å². The van der Waals surface area contributed by atoms with Gasteiger partial charge >= 0.3 is 12.2 Å². The van der Waals surface area contributed by atoms with Gasteiger partial charge in [-0.2, -0.15) is 13.2 Å². The number of carbonyl (C=O) groups is 2. The van der Waals surface area contributed by atoms with Crippen LogP contribution < -0.4 is 5.32 Å². The summed E-state index contributed by atoms with van der Waals surface area (Å²) in [5.74, 6) is -0.331. The lowest BCUT2D eigenvalue weighted by molar-refractivity contribution is -0.137. The molecule has 0 saturated heterocycles. The third-order valence-corrected chi connectivity index (χ3v) is 6.53. The van der Waals surface area contributed by atoms with Gasteiger partial charge in [-0.15, -0.1) is 11.3 Å². The predicted molar refractivity (Wildman–Crippen MR) is 134 cm³/mol. The van der Waals surface area contributed by atoms with Crippen molar-refractivity contribution in [2.24, 2.45) is 0 Å². The molecule has 0 fully saturated rings. The van der Waals surface area contributed by atoms with Gasteiger partial charge in [-0.25, -0.2) is 4.79 Å². The lowest BCUT2D eigenvalue weighted by atomic mass is 10.1. The van der Waals surface area contributed by atoms with E-state index in [1.807, 2.05) is 48.7 Å². The molecule has 0 spiro atoms. The van der Waals surface area contributed by atoms with E-state index in [1.165, 1.54) is 36.6 Å². The monoisotopic (exact) mass is 519 g/mol. The van der Waals surface area contributed by atoms with Gasteiger partial charge in [-0.3, -0.25) is 4.79 Å². The minimum atomic E-state index is -4.64. The number of halogens is 3. The largest absolute Gasteiger partial charge is 0.418 e. The number of amides is 3. The highest BCUT2D eigenvalue weighted by Crippen LogP contribution is 2.34. The molecule has 36 heavy (non-hydrogen) atoms. The number of nitrogens with zero attached hydrogens (tertiary/aromatic N) is 2. The molecule has 0 bridgehead atoms. The van der Waals surface area contributed by atoms with E-state index in [-0.39, 0.29) is 31.3 Å². The van der Waals surface area contributed by atoms with Crippen LogP contribution >= 0.6 is 11.3 Å².